The van der Waals surface area contributed by atoms with E-state index >= 15 is 0 Å². The Bertz CT molecular complexity index is 552. The molecule has 0 saturated carbocycles. The predicted octanol–water partition coefficient (Wildman–Crippen LogP) is 3.46. The molecule has 1 heterocycles. The molecule has 1 saturated heterocycles. The second kappa shape index (κ2) is 8.27. The summed E-state index contributed by atoms with van der Waals surface area (Å²) >= 11 is 2.95. The van der Waals surface area contributed by atoms with Crippen molar-refractivity contribution in [1.82, 2.24) is 10.2 Å². The first-order valence-electron chi connectivity index (χ1n) is 6.96. The normalized spacial score (nSPS) is 18.1. The Morgan fingerprint density at radius 2 is 1.71 bits per heavy atom. The fourth-order valence-electron chi connectivity index (χ4n) is 2.68. The Hall–Kier alpha value is -0.480. The largest absolute Gasteiger partial charge is 0.416 e. The van der Waals surface area contributed by atoms with E-state index in [1.54, 1.807) is 0 Å². The zero-order valence-electron chi connectivity index (χ0n) is 12.4. The third kappa shape index (κ3) is 5.01. The first kappa shape index (κ1) is 21.6. The standard InChI is InChI=1S/C14H16BrF5N2O.ClH/c15-11-6-9(5-10(7-11)14(18,19)20)12(13(16,17)8-23)22-3-1-21-2-4-22;/h5-7,12,21,23H,1-4,8H2;1H/t12-;/m0./s1. The number of aliphatic hydroxyl groups is 1. The number of aliphatic hydroxyl groups excluding tert-OH is 1. The Kier molecular flexibility index (Phi) is 7.43. The van der Waals surface area contributed by atoms with Crippen LogP contribution in [0.15, 0.2) is 22.7 Å². The van der Waals surface area contributed by atoms with Crippen LogP contribution in [0.5, 0.6) is 0 Å². The average Bonchev–Trinajstić information content (AvgIpc) is 2.47. The summed E-state index contributed by atoms with van der Waals surface area (Å²) in [5.74, 6) is -3.55. The van der Waals surface area contributed by atoms with Crippen molar-refractivity contribution in [2.75, 3.05) is 32.8 Å². The highest BCUT2D eigenvalue weighted by atomic mass is 79.9. The van der Waals surface area contributed by atoms with Crippen molar-refractivity contribution >= 4 is 28.3 Å². The van der Waals surface area contributed by atoms with Crippen LogP contribution in [-0.4, -0.2) is 48.7 Å². The first-order chi connectivity index (χ1) is 10.6. The molecule has 1 aromatic rings. The molecular formula is C14H17BrClF5N2O. The van der Waals surface area contributed by atoms with E-state index in [1.807, 2.05) is 0 Å². The van der Waals surface area contributed by atoms with Gasteiger partial charge in [0.05, 0.1) is 5.56 Å². The number of piperazine rings is 1. The van der Waals surface area contributed by atoms with Crippen LogP contribution in [0, 0.1) is 0 Å². The summed E-state index contributed by atoms with van der Waals surface area (Å²) in [4.78, 5) is 1.40. The molecule has 1 fully saturated rings. The molecular weight excluding hydrogens is 423 g/mol. The van der Waals surface area contributed by atoms with Crippen LogP contribution in [0.3, 0.4) is 0 Å². The summed E-state index contributed by atoms with van der Waals surface area (Å²) < 4.78 is 67.4. The minimum Gasteiger partial charge on any atom is -0.390 e. The molecule has 0 spiro atoms. The van der Waals surface area contributed by atoms with Crippen molar-refractivity contribution < 1.29 is 27.1 Å². The Morgan fingerprint density at radius 1 is 1.12 bits per heavy atom. The number of hydrogen-bond donors (Lipinski definition) is 2. The summed E-state index contributed by atoms with van der Waals surface area (Å²) in [6, 6.07) is 1.19. The van der Waals surface area contributed by atoms with Crippen molar-refractivity contribution in [3.63, 3.8) is 0 Å². The first-order valence-corrected chi connectivity index (χ1v) is 7.75. The highest BCUT2D eigenvalue weighted by Gasteiger charge is 2.45. The van der Waals surface area contributed by atoms with Gasteiger partial charge in [-0.2, -0.15) is 13.2 Å². The fraction of sp³-hybridized carbons (Fsp3) is 0.571. The van der Waals surface area contributed by atoms with Crippen molar-refractivity contribution in [2.45, 2.75) is 18.1 Å². The quantitative estimate of drug-likeness (QED) is 0.706. The number of rotatable bonds is 4. The van der Waals surface area contributed by atoms with Gasteiger partial charge in [0.25, 0.3) is 5.92 Å². The molecule has 3 nitrogen and oxygen atoms in total. The molecule has 138 valence electrons. The Labute approximate surface area is 150 Å². The van der Waals surface area contributed by atoms with Gasteiger partial charge >= 0.3 is 6.18 Å². The minimum atomic E-state index is -4.64. The molecule has 1 aromatic carbocycles. The molecule has 24 heavy (non-hydrogen) atoms. The van der Waals surface area contributed by atoms with Gasteiger partial charge in [0, 0.05) is 30.7 Å². The summed E-state index contributed by atoms with van der Waals surface area (Å²) in [6.07, 6.45) is -4.64. The van der Waals surface area contributed by atoms with Crippen LogP contribution < -0.4 is 5.32 Å². The van der Waals surface area contributed by atoms with Crippen LogP contribution >= 0.6 is 28.3 Å². The minimum absolute atomic E-state index is 0. The third-order valence-corrected chi connectivity index (χ3v) is 4.15. The summed E-state index contributed by atoms with van der Waals surface area (Å²) in [7, 11) is 0. The lowest BCUT2D eigenvalue weighted by atomic mass is 9.96. The van der Waals surface area contributed by atoms with Gasteiger partial charge < -0.3 is 10.4 Å². The van der Waals surface area contributed by atoms with Gasteiger partial charge in [-0.15, -0.1) is 12.4 Å². The lowest BCUT2D eigenvalue weighted by Gasteiger charge is -2.39. The molecule has 2 N–H and O–H groups in total. The Balaban J connectivity index is 0.00000288. The number of nitrogens with zero attached hydrogens (tertiary/aromatic N) is 1. The number of alkyl halides is 5. The van der Waals surface area contributed by atoms with E-state index in [0.717, 1.165) is 12.1 Å². The molecule has 10 heteroatoms. The third-order valence-electron chi connectivity index (χ3n) is 3.69. The van der Waals surface area contributed by atoms with E-state index in [9.17, 15) is 22.0 Å². The second-order valence-corrected chi connectivity index (χ2v) is 6.29. The lowest BCUT2D eigenvalue weighted by molar-refractivity contribution is -0.138. The van der Waals surface area contributed by atoms with Gasteiger partial charge in [0.15, 0.2) is 0 Å². The van der Waals surface area contributed by atoms with E-state index < -0.39 is 30.3 Å². The van der Waals surface area contributed by atoms with Crippen LogP contribution in [0.1, 0.15) is 17.2 Å². The SMILES string of the molecule is Cl.OCC(F)(F)[C@H](c1cc(Br)cc(C(F)(F)F)c1)N1CCNCC1. The molecule has 1 aliphatic rings. The topological polar surface area (TPSA) is 35.5 Å². The molecule has 0 radical (unpaired) electrons. The van der Waals surface area contributed by atoms with Crippen LogP contribution in [0.4, 0.5) is 22.0 Å². The number of halogens is 7. The summed E-state index contributed by atoms with van der Waals surface area (Å²) in [5, 5.41) is 12.0. The van der Waals surface area contributed by atoms with Crippen molar-refractivity contribution in [3.8, 4) is 0 Å². The monoisotopic (exact) mass is 438 g/mol. The van der Waals surface area contributed by atoms with Crippen molar-refractivity contribution in [2.24, 2.45) is 0 Å². The molecule has 2 rings (SSSR count). The lowest BCUT2D eigenvalue weighted by Crippen LogP contribution is -2.51. The number of hydrogen-bond acceptors (Lipinski definition) is 3. The maximum Gasteiger partial charge on any atom is 0.416 e. The zero-order valence-corrected chi connectivity index (χ0v) is 14.8. The van der Waals surface area contributed by atoms with Crippen LogP contribution in [0.25, 0.3) is 0 Å². The molecule has 0 amide bonds. The molecule has 0 aromatic heterocycles. The van der Waals surface area contributed by atoms with Crippen molar-refractivity contribution in [1.29, 1.82) is 0 Å². The van der Waals surface area contributed by atoms with E-state index in [4.69, 9.17) is 5.11 Å². The van der Waals surface area contributed by atoms with Crippen LogP contribution in [-0.2, 0) is 6.18 Å². The van der Waals surface area contributed by atoms with Crippen molar-refractivity contribution in [3.05, 3.63) is 33.8 Å². The van der Waals surface area contributed by atoms with Gasteiger partial charge in [-0.1, -0.05) is 15.9 Å². The number of nitrogens with one attached hydrogen (secondary N) is 1. The van der Waals surface area contributed by atoms with Gasteiger partial charge in [0.2, 0.25) is 0 Å². The molecule has 0 aliphatic carbocycles. The van der Waals surface area contributed by atoms with Gasteiger partial charge in [0.1, 0.15) is 12.6 Å². The smallest absolute Gasteiger partial charge is 0.390 e. The highest BCUT2D eigenvalue weighted by Crippen LogP contribution is 2.40. The van der Waals surface area contributed by atoms with E-state index in [-0.39, 0.29) is 35.5 Å². The maximum atomic E-state index is 14.2. The van der Waals surface area contributed by atoms with Crippen LogP contribution in [0.2, 0.25) is 0 Å². The highest BCUT2D eigenvalue weighted by molar-refractivity contribution is 9.10. The molecule has 0 bridgehead atoms. The fourth-order valence-corrected chi connectivity index (χ4v) is 3.19. The van der Waals surface area contributed by atoms with Gasteiger partial charge in [-0.05, 0) is 23.8 Å². The predicted molar refractivity (Wildman–Crippen MR) is 85.6 cm³/mol. The van der Waals surface area contributed by atoms with Gasteiger partial charge in [-0.3, -0.25) is 4.90 Å². The van der Waals surface area contributed by atoms with E-state index in [0.29, 0.717) is 13.1 Å². The molecule has 1 atom stereocenters. The summed E-state index contributed by atoms with van der Waals surface area (Å²) in [5.41, 5.74) is -1.18. The Morgan fingerprint density at radius 3 is 2.21 bits per heavy atom. The average molecular weight is 440 g/mol. The number of benzene rings is 1. The maximum absolute atomic E-state index is 14.2. The van der Waals surface area contributed by atoms with E-state index in [1.165, 1.54) is 11.0 Å². The van der Waals surface area contributed by atoms with E-state index in [2.05, 4.69) is 21.2 Å². The molecule has 0 unspecified atom stereocenters. The second-order valence-electron chi connectivity index (χ2n) is 5.38. The zero-order chi connectivity index (χ0) is 17.3. The summed E-state index contributed by atoms with van der Waals surface area (Å²) in [6.45, 7) is -0.00597. The van der Waals surface area contributed by atoms with Gasteiger partial charge in [-0.25, -0.2) is 8.78 Å². The molecule has 1 aliphatic heterocycles.